The second kappa shape index (κ2) is 8.13. The van der Waals surface area contributed by atoms with Crippen LogP contribution in [-0.2, 0) is 7.05 Å². The molecule has 6 aromatic rings. The molecule has 3 aromatic carbocycles. The summed E-state index contributed by atoms with van der Waals surface area (Å²) in [5, 5.41) is 1.56. The van der Waals surface area contributed by atoms with E-state index in [2.05, 4.69) is 4.98 Å². The highest BCUT2D eigenvalue weighted by molar-refractivity contribution is 6.09. The van der Waals surface area contributed by atoms with Gasteiger partial charge in [-0.15, -0.1) is 0 Å². The van der Waals surface area contributed by atoms with Gasteiger partial charge in [-0.1, -0.05) is 60.7 Å². The summed E-state index contributed by atoms with van der Waals surface area (Å²) < 4.78 is 36.8. The molecule has 0 aliphatic heterocycles. The van der Waals surface area contributed by atoms with Gasteiger partial charge in [-0.2, -0.15) is 13.9 Å². The molecule has 0 amide bonds. The lowest BCUT2D eigenvalue weighted by Crippen LogP contribution is -2.31. The normalized spacial score (nSPS) is 11.4. The van der Waals surface area contributed by atoms with Crippen molar-refractivity contribution in [2.75, 3.05) is 0 Å². The van der Waals surface area contributed by atoms with Crippen molar-refractivity contribution in [3.8, 4) is 33.5 Å². The van der Waals surface area contributed by atoms with Crippen LogP contribution >= 0.6 is 0 Å². The summed E-state index contributed by atoms with van der Waals surface area (Å²) in [5.74, 6) is -0.913. The SMILES string of the molecule is Cc1ccc2c(oc3nc(F)c(-c4cccc(-c5ccccc5)c4)cc32)c1-c1ccc(F)c[n+]1C. The van der Waals surface area contributed by atoms with Crippen molar-refractivity contribution in [1.82, 2.24) is 4.98 Å². The number of rotatable bonds is 3. The highest BCUT2D eigenvalue weighted by Gasteiger charge is 2.22. The second-order valence-corrected chi connectivity index (χ2v) is 8.71. The molecule has 0 aliphatic rings. The maximum absolute atomic E-state index is 15.3. The van der Waals surface area contributed by atoms with Crippen LogP contribution in [0.3, 0.4) is 0 Å². The lowest BCUT2D eigenvalue weighted by molar-refractivity contribution is -0.661. The minimum atomic E-state index is -0.590. The van der Waals surface area contributed by atoms with Gasteiger partial charge in [0, 0.05) is 22.4 Å². The first-order chi connectivity index (χ1) is 17.0. The van der Waals surface area contributed by atoms with E-state index >= 15 is 4.39 Å². The van der Waals surface area contributed by atoms with Crippen LogP contribution < -0.4 is 4.57 Å². The van der Waals surface area contributed by atoms with Gasteiger partial charge in [-0.3, -0.25) is 0 Å². The predicted molar refractivity (Wildman–Crippen MR) is 134 cm³/mol. The topological polar surface area (TPSA) is 29.9 Å². The number of fused-ring (bicyclic) bond motifs is 3. The van der Waals surface area contributed by atoms with Crippen LogP contribution in [0.15, 0.2) is 95.5 Å². The summed E-state index contributed by atoms with van der Waals surface area (Å²) in [7, 11) is 1.79. The Hall–Kier alpha value is -4.38. The summed E-state index contributed by atoms with van der Waals surface area (Å²) in [6.45, 7) is 1.97. The van der Waals surface area contributed by atoms with Gasteiger partial charge in [0.15, 0.2) is 11.4 Å². The van der Waals surface area contributed by atoms with E-state index < -0.39 is 5.95 Å². The first kappa shape index (κ1) is 21.2. The third-order valence-electron chi connectivity index (χ3n) is 6.43. The molecule has 0 aliphatic carbocycles. The van der Waals surface area contributed by atoms with Crippen molar-refractivity contribution in [3.05, 3.63) is 108 Å². The van der Waals surface area contributed by atoms with Crippen LogP contribution in [-0.4, -0.2) is 4.98 Å². The average Bonchev–Trinajstić information content (AvgIpc) is 3.22. The van der Waals surface area contributed by atoms with Gasteiger partial charge in [0.05, 0.1) is 5.56 Å². The number of benzene rings is 3. The zero-order chi connectivity index (χ0) is 24.1. The molecular formula is C30H21F2N2O+. The molecule has 0 saturated carbocycles. The molecule has 0 atom stereocenters. The van der Waals surface area contributed by atoms with E-state index in [0.29, 0.717) is 11.1 Å². The molecule has 3 nitrogen and oxygen atoms in total. The van der Waals surface area contributed by atoms with Crippen molar-refractivity contribution in [2.24, 2.45) is 7.05 Å². The highest BCUT2D eigenvalue weighted by atomic mass is 19.1. The zero-order valence-electron chi connectivity index (χ0n) is 19.2. The van der Waals surface area contributed by atoms with E-state index in [4.69, 9.17) is 4.42 Å². The molecule has 0 bridgehead atoms. The maximum atomic E-state index is 15.3. The predicted octanol–water partition coefficient (Wildman–Crippen LogP) is 7.39. The fourth-order valence-electron chi connectivity index (χ4n) is 4.69. The number of furan rings is 1. The molecular weight excluding hydrogens is 442 g/mol. The first-order valence-corrected chi connectivity index (χ1v) is 11.3. The van der Waals surface area contributed by atoms with E-state index in [1.807, 2.05) is 73.7 Å². The molecule has 35 heavy (non-hydrogen) atoms. The standard InChI is InChI=1S/C30H21F2N2O/c1-18-11-13-23-25-16-24(21-10-6-9-20(15-21)19-7-4-3-5-8-19)29(32)33-30(25)35-28(23)27(18)26-14-12-22(31)17-34(26)2/h3-17H,1-2H3/q+1. The number of pyridine rings is 2. The third kappa shape index (κ3) is 3.56. The molecule has 5 heteroatoms. The lowest BCUT2D eigenvalue weighted by Gasteiger charge is -2.07. The zero-order valence-corrected chi connectivity index (χ0v) is 19.2. The summed E-state index contributed by atoms with van der Waals surface area (Å²) in [6.07, 6.45) is 1.42. The van der Waals surface area contributed by atoms with Crippen molar-refractivity contribution in [3.63, 3.8) is 0 Å². The number of hydrogen-bond acceptors (Lipinski definition) is 2. The van der Waals surface area contributed by atoms with Gasteiger partial charge in [0.1, 0.15) is 7.05 Å². The van der Waals surface area contributed by atoms with Crippen LogP contribution in [0.25, 0.3) is 55.6 Å². The van der Waals surface area contributed by atoms with Gasteiger partial charge < -0.3 is 4.42 Å². The second-order valence-electron chi connectivity index (χ2n) is 8.71. The Morgan fingerprint density at radius 2 is 1.54 bits per heavy atom. The van der Waals surface area contributed by atoms with E-state index in [0.717, 1.165) is 44.3 Å². The minimum Gasteiger partial charge on any atom is -0.437 e. The molecule has 0 unspecified atom stereocenters. The van der Waals surface area contributed by atoms with Gasteiger partial charge >= 0.3 is 0 Å². The van der Waals surface area contributed by atoms with Gasteiger partial charge in [0.25, 0.3) is 0 Å². The lowest BCUT2D eigenvalue weighted by atomic mass is 9.98. The Balaban J connectivity index is 1.56. The number of aromatic nitrogens is 2. The van der Waals surface area contributed by atoms with Crippen LogP contribution in [0, 0.1) is 18.7 Å². The third-order valence-corrected chi connectivity index (χ3v) is 6.43. The van der Waals surface area contributed by atoms with E-state index in [1.165, 1.54) is 12.3 Å². The van der Waals surface area contributed by atoms with Crippen molar-refractivity contribution in [1.29, 1.82) is 0 Å². The van der Waals surface area contributed by atoms with E-state index in [-0.39, 0.29) is 11.5 Å². The molecule has 0 spiro atoms. The van der Waals surface area contributed by atoms with Gasteiger partial charge in [0.2, 0.25) is 23.6 Å². The van der Waals surface area contributed by atoms with Crippen LogP contribution in [0.2, 0.25) is 0 Å². The van der Waals surface area contributed by atoms with Crippen LogP contribution in [0.5, 0.6) is 0 Å². The largest absolute Gasteiger partial charge is 0.437 e. The minimum absolute atomic E-state index is 0.233. The Morgan fingerprint density at radius 1 is 0.771 bits per heavy atom. The van der Waals surface area contributed by atoms with Crippen molar-refractivity contribution >= 4 is 22.1 Å². The fourth-order valence-corrected chi connectivity index (χ4v) is 4.69. The summed E-state index contributed by atoms with van der Waals surface area (Å²) in [6, 6.07) is 26.7. The summed E-state index contributed by atoms with van der Waals surface area (Å²) in [5.41, 5.74) is 6.64. The van der Waals surface area contributed by atoms with Gasteiger partial charge in [-0.25, -0.2) is 4.39 Å². The summed E-state index contributed by atoms with van der Waals surface area (Å²) >= 11 is 0. The number of hydrogen-bond donors (Lipinski definition) is 0. The molecule has 0 radical (unpaired) electrons. The Labute approximate surface area is 200 Å². The smallest absolute Gasteiger partial charge is 0.230 e. The number of aryl methyl sites for hydroxylation is 2. The quantitative estimate of drug-likeness (QED) is 0.202. The van der Waals surface area contributed by atoms with Gasteiger partial charge in [-0.05, 0) is 47.4 Å². The van der Waals surface area contributed by atoms with Crippen molar-refractivity contribution in [2.45, 2.75) is 6.92 Å². The van der Waals surface area contributed by atoms with Crippen molar-refractivity contribution < 1.29 is 17.8 Å². The Morgan fingerprint density at radius 3 is 2.34 bits per heavy atom. The molecule has 3 aromatic heterocycles. The average molecular weight is 464 g/mol. The van der Waals surface area contributed by atoms with E-state index in [9.17, 15) is 4.39 Å². The van der Waals surface area contributed by atoms with Crippen LogP contribution in [0.4, 0.5) is 8.78 Å². The molecule has 0 N–H and O–H groups in total. The maximum Gasteiger partial charge on any atom is 0.230 e. The highest BCUT2D eigenvalue weighted by Crippen LogP contribution is 2.38. The molecule has 0 fully saturated rings. The molecule has 6 rings (SSSR count). The first-order valence-electron chi connectivity index (χ1n) is 11.3. The Kier molecular flexibility index (Phi) is 4.92. The molecule has 170 valence electrons. The monoisotopic (exact) mass is 463 g/mol. The van der Waals surface area contributed by atoms with E-state index in [1.54, 1.807) is 23.7 Å². The summed E-state index contributed by atoms with van der Waals surface area (Å²) in [4.78, 5) is 4.19. The molecule has 0 saturated heterocycles. The fraction of sp³-hybridized carbons (Fsp3) is 0.0667. The Bertz CT molecular complexity index is 1740. The van der Waals surface area contributed by atoms with Crippen LogP contribution in [0.1, 0.15) is 5.56 Å². The molecule has 3 heterocycles. The number of halogens is 2. The number of nitrogens with zero attached hydrogens (tertiary/aromatic N) is 2.